The predicted molar refractivity (Wildman–Crippen MR) is 57.1 cm³/mol. The number of rotatable bonds is 4. The molecular weight excluding hydrogens is 190 g/mol. The molecule has 0 bridgehead atoms. The summed E-state index contributed by atoms with van der Waals surface area (Å²) in [5, 5.41) is 15.2. The lowest BCUT2D eigenvalue weighted by atomic mass is 10.1. The highest BCUT2D eigenvalue weighted by Crippen LogP contribution is 2.30. The second-order valence-corrected chi connectivity index (χ2v) is 5.32. The molecule has 15 heavy (non-hydrogen) atoms. The van der Waals surface area contributed by atoms with Crippen LogP contribution in [0.15, 0.2) is 0 Å². The second kappa shape index (κ2) is 3.89. The van der Waals surface area contributed by atoms with Crippen molar-refractivity contribution >= 4 is 0 Å². The van der Waals surface area contributed by atoms with Crippen molar-refractivity contribution in [2.24, 2.45) is 5.92 Å². The van der Waals surface area contributed by atoms with Gasteiger partial charge in [0, 0.05) is 12.1 Å². The molecule has 1 saturated carbocycles. The lowest BCUT2D eigenvalue weighted by Crippen LogP contribution is -2.36. The van der Waals surface area contributed by atoms with E-state index < -0.39 is 0 Å². The molecule has 0 atom stereocenters. The van der Waals surface area contributed by atoms with E-state index in [0.717, 1.165) is 24.8 Å². The fourth-order valence-corrected chi connectivity index (χ4v) is 1.38. The average molecular weight is 209 g/mol. The first-order valence-electron chi connectivity index (χ1n) is 5.55. The molecule has 0 radical (unpaired) electrons. The summed E-state index contributed by atoms with van der Waals surface area (Å²) in [7, 11) is 0. The molecule has 2 rings (SSSR count). The van der Waals surface area contributed by atoms with Crippen LogP contribution in [0.1, 0.15) is 39.4 Å². The van der Waals surface area contributed by atoms with Gasteiger partial charge in [0.15, 0.2) is 5.82 Å². The molecule has 5 nitrogen and oxygen atoms in total. The van der Waals surface area contributed by atoms with Gasteiger partial charge in [0.1, 0.15) is 0 Å². The summed E-state index contributed by atoms with van der Waals surface area (Å²) in [4.78, 5) is 0. The molecule has 1 N–H and O–H groups in total. The number of hydrogen-bond acceptors (Lipinski definition) is 4. The van der Waals surface area contributed by atoms with Gasteiger partial charge in [0.2, 0.25) is 0 Å². The maximum atomic E-state index is 4.04. The Morgan fingerprint density at radius 2 is 2.13 bits per heavy atom. The van der Waals surface area contributed by atoms with E-state index in [1.165, 1.54) is 12.8 Å². The second-order valence-electron chi connectivity index (χ2n) is 5.32. The van der Waals surface area contributed by atoms with E-state index in [1.54, 1.807) is 0 Å². The SMILES string of the molecule is CC(C)(C)NCc1nnnn1CC1CC1. The summed E-state index contributed by atoms with van der Waals surface area (Å²) < 4.78 is 1.93. The first-order chi connectivity index (χ1) is 7.04. The van der Waals surface area contributed by atoms with Gasteiger partial charge in [-0.15, -0.1) is 5.10 Å². The molecule has 1 aromatic rings. The number of nitrogens with zero attached hydrogens (tertiary/aromatic N) is 4. The van der Waals surface area contributed by atoms with Gasteiger partial charge in [-0.05, 0) is 50.0 Å². The molecule has 0 amide bonds. The molecule has 0 spiro atoms. The molecule has 84 valence electrons. The predicted octanol–water partition coefficient (Wildman–Crippen LogP) is 0.971. The summed E-state index contributed by atoms with van der Waals surface area (Å²) in [5.41, 5.74) is 0.108. The van der Waals surface area contributed by atoms with Gasteiger partial charge in [-0.3, -0.25) is 0 Å². The fourth-order valence-electron chi connectivity index (χ4n) is 1.38. The first-order valence-corrected chi connectivity index (χ1v) is 5.55. The number of aromatic nitrogens is 4. The zero-order chi connectivity index (χ0) is 10.9. The molecular formula is C10H19N5. The van der Waals surface area contributed by atoms with Crippen LogP contribution in [-0.2, 0) is 13.1 Å². The molecule has 1 aliphatic rings. The normalized spacial score (nSPS) is 17.0. The number of hydrogen-bond donors (Lipinski definition) is 1. The molecule has 5 heteroatoms. The highest BCUT2D eigenvalue weighted by Gasteiger charge is 2.23. The van der Waals surface area contributed by atoms with Crippen LogP contribution in [0.5, 0.6) is 0 Å². The van der Waals surface area contributed by atoms with Crippen LogP contribution in [0.3, 0.4) is 0 Å². The Bertz CT molecular complexity index is 321. The van der Waals surface area contributed by atoms with Gasteiger partial charge >= 0.3 is 0 Å². The lowest BCUT2D eigenvalue weighted by molar-refractivity contribution is 0.404. The Labute approximate surface area is 90.2 Å². The van der Waals surface area contributed by atoms with Crippen LogP contribution in [0, 0.1) is 5.92 Å². The van der Waals surface area contributed by atoms with Crippen molar-refractivity contribution < 1.29 is 0 Å². The van der Waals surface area contributed by atoms with Gasteiger partial charge in [-0.25, -0.2) is 4.68 Å². The summed E-state index contributed by atoms with van der Waals surface area (Å²) in [5.74, 6) is 1.75. The van der Waals surface area contributed by atoms with E-state index in [1.807, 2.05) is 4.68 Å². The summed E-state index contributed by atoms with van der Waals surface area (Å²) in [6.45, 7) is 8.14. The number of tetrazole rings is 1. The van der Waals surface area contributed by atoms with Gasteiger partial charge in [-0.2, -0.15) is 0 Å². The van der Waals surface area contributed by atoms with Crippen molar-refractivity contribution in [3.8, 4) is 0 Å². The van der Waals surface area contributed by atoms with E-state index in [9.17, 15) is 0 Å². The molecule has 1 aliphatic carbocycles. The fraction of sp³-hybridized carbons (Fsp3) is 0.900. The van der Waals surface area contributed by atoms with E-state index >= 15 is 0 Å². The van der Waals surface area contributed by atoms with E-state index in [4.69, 9.17) is 0 Å². The van der Waals surface area contributed by atoms with Gasteiger partial charge < -0.3 is 5.32 Å². The molecule has 0 unspecified atom stereocenters. The smallest absolute Gasteiger partial charge is 0.165 e. The largest absolute Gasteiger partial charge is 0.305 e. The van der Waals surface area contributed by atoms with E-state index in [0.29, 0.717) is 0 Å². The Morgan fingerprint density at radius 3 is 2.73 bits per heavy atom. The zero-order valence-electron chi connectivity index (χ0n) is 9.69. The Kier molecular flexibility index (Phi) is 2.73. The third-order valence-electron chi connectivity index (χ3n) is 2.51. The van der Waals surface area contributed by atoms with Gasteiger partial charge in [0.05, 0.1) is 6.54 Å². The molecule has 1 aromatic heterocycles. The Morgan fingerprint density at radius 1 is 1.40 bits per heavy atom. The average Bonchev–Trinajstić information content (AvgIpc) is 2.80. The zero-order valence-corrected chi connectivity index (χ0v) is 9.69. The summed E-state index contributed by atoms with van der Waals surface area (Å²) in [6.07, 6.45) is 2.65. The minimum atomic E-state index is 0.108. The van der Waals surface area contributed by atoms with Gasteiger partial charge in [0.25, 0.3) is 0 Å². The van der Waals surface area contributed by atoms with Crippen molar-refractivity contribution in [2.45, 2.75) is 52.2 Å². The van der Waals surface area contributed by atoms with Crippen LogP contribution in [-0.4, -0.2) is 25.7 Å². The molecule has 1 fully saturated rings. The lowest BCUT2D eigenvalue weighted by Gasteiger charge is -2.19. The van der Waals surface area contributed by atoms with E-state index in [2.05, 4.69) is 41.6 Å². The summed E-state index contributed by atoms with van der Waals surface area (Å²) in [6, 6.07) is 0. The summed E-state index contributed by atoms with van der Waals surface area (Å²) >= 11 is 0. The van der Waals surface area contributed by atoms with Crippen LogP contribution in [0.4, 0.5) is 0 Å². The van der Waals surface area contributed by atoms with Crippen LogP contribution in [0.2, 0.25) is 0 Å². The van der Waals surface area contributed by atoms with Crippen molar-refractivity contribution in [3.05, 3.63) is 5.82 Å². The van der Waals surface area contributed by atoms with Gasteiger partial charge in [-0.1, -0.05) is 0 Å². The molecule has 0 saturated heterocycles. The topological polar surface area (TPSA) is 55.6 Å². The monoisotopic (exact) mass is 209 g/mol. The maximum absolute atomic E-state index is 4.04. The maximum Gasteiger partial charge on any atom is 0.165 e. The Balaban J connectivity index is 1.92. The molecule has 0 aromatic carbocycles. The quantitative estimate of drug-likeness (QED) is 0.803. The van der Waals surface area contributed by atoms with Crippen molar-refractivity contribution in [1.82, 2.24) is 25.5 Å². The van der Waals surface area contributed by atoms with Crippen LogP contribution in [0.25, 0.3) is 0 Å². The first kappa shape index (κ1) is 10.5. The van der Waals surface area contributed by atoms with Crippen molar-refractivity contribution in [1.29, 1.82) is 0 Å². The van der Waals surface area contributed by atoms with Crippen LogP contribution >= 0.6 is 0 Å². The third kappa shape index (κ3) is 3.27. The van der Waals surface area contributed by atoms with E-state index in [-0.39, 0.29) is 5.54 Å². The van der Waals surface area contributed by atoms with Crippen LogP contribution < -0.4 is 5.32 Å². The molecule has 0 aliphatic heterocycles. The highest BCUT2D eigenvalue weighted by atomic mass is 15.5. The minimum Gasteiger partial charge on any atom is -0.305 e. The highest BCUT2D eigenvalue weighted by molar-refractivity contribution is 4.85. The minimum absolute atomic E-state index is 0.108. The Hall–Kier alpha value is -0.970. The standard InChI is InChI=1S/C10H19N5/c1-10(2,3)11-6-9-12-13-14-15(9)7-8-4-5-8/h8,11H,4-7H2,1-3H3. The van der Waals surface area contributed by atoms with Crippen molar-refractivity contribution in [3.63, 3.8) is 0 Å². The number of nitrogens with one attached hydrogen (secondary N) is 1. The third-order valence-corrected chi connectivity index (χ3v) is 2.51. The van der Waals surface area contributed by atoms with Crippen molar-refractivity contribution in [2.75, 3.05) is 0 Å². The molecule has 1 heterocycles.